The van der Waals surface area contributed by atoms with Gasteiger partial charge in [0.05, 0.1) is 11.1 Å². The number of piperazine rings is 1. The van der Waals surface area contributed by atoms with Gasteiger partial charge in [0.25, 0.3) is 0 Å². The first-order chi connectivity index (χ1) is 14.9. The van der Waals surface area contributed by atoms with E-state index in [1.165, 1.54) is 27.7 Å². The van der Waals surface area contributed by atoms with E-state index < -0.39 is 12.3 Å². The van der Waals surface area contributed by atoms with Crippen LogP contribution in [-0.4, -0.2) is 47.9 Å². The molecule has 1 saturated heterocycles. The van der Waals surface area contributed by atoms with Crippen molar-refractivity contribution in [3.8, 4) is 0 Å². The number of benzene rings is 2. The van der Waals surface area contributed by atoms with E-state index >= 15 is 0 Å². The lowest BCUT2D eigenvalue weighted by Crippen LogP contribution is -2.47. The number of hydrogen-bond acceptors (Lipinski definition) is 5. The molecule has 1 N–H and O–H groups in total. The van der Waals surface area contributed by atoms with Crippen molar-refractivity contribution in [3.05, 3.63) is 52.5 Å². The Morgan fingerprint density at radius 2 is 2.07 bits per heavy atom. The van der Waals surface area contributed by atoms with Crippen LogP contribution in [0.15, 0.2) is 36.4 Å². The van der Waals surface area contributed by atoms with E-state index in [9.17, 15) is 4.79 Å². The third kappa shape index (κ3) is 3.36. The topological polar surface area (TPSA) is 48.5 Å². The molecule has 144 valence electrons. The molecule has 7 heteroatoms. The molecule has 1 amide bonds. The van der Waals surface area contributed by atoms with Gasteiger partial charge in [-0.15, -0.1) is 0 Å². The molecule has 5 rings (SSSR count). The van der Waals surface area contributed by atoms with Crippen LogP contribution in [0.1, 0.15) is 13.9 Å². The zero-order chi connectivity index (χ0) is 21.8. The lowest BCUT2D eigenvalue weighted by atomic mass is 10.1. The van der Waals surface area contributed by atoms with Gasteiger partial charge in [-0.1, -0.05) is 29.8 Å². The van der Waals surface area contributed by atoms with Crippen LogP contribution in [0.5, 0.6) is 0 Å². The van der Waals surface area contributed by atoms with Crippen LogP contribution < -0.4 is 10.2 Å². The van der Waals surface area contributed by atoms with Gasteiger partial charge >= 0.3 is 0 Å². The first kappa shape index (κ1) is 14.8. The van der Waals surface area contributed by atoms with Gasteiger partial charge in [-0.2, -0.15) is 4.37 Å². The number of hydrogen-bond donors (Lipinski definition) is 1. The van der Waals surface area contributed by atoms with Crippen LogP contribution in [0.4, 0.5) is 11.5 Å². The van der Waals surface area contributed by atoms with Crippen LogP contribution >= 0.6 is 23.1 Å². The summed E-state index contributed by atoms with van der Waals surface area (Å²) in [6.45, 7) is 4.42. The molecule has 1 fully saturated rings. The minimum atomic E-state index is -2.18. The van der Waals surface area contributed by atoms with Gasteiger partial charge < -0.3 is 10.2 Å². The van der Waals surface area contributed by atoms with E-state index in [-0.39, 0.29) is 11.3 Å². The second-order valence-corrected chi connectivity index (χ2v) is 8.30. The van der Waals surface area contributed by atoms with Crippen LogP contribution in [0.25, 0.3) is 10.1 Å². The van der Waals surface area contributed by atoms with Crippen LogP contribution in [0, 0.1) is 0 Å². The van der Waals surface area contributed by atoms with Gasteiger partial charge in [-0.25, -0.2) is 0 Å². The average molecular weight is 416 g/mol. The molecule has 0 radical (unpaired) electrons. The molecular weight excluding hydrogens is 392 g/mol. The molecule has 5 nitrogen and oxygen atoms in total. The number of carbonyl (C=O) groups excluding carboxylic acids is 1. The minimum absolute atomic E-state index is 0.229. The number of fused-ring (bicyclic) bond motifs is 2. The molecule has 3 heterocycles. The van der Waals surface area contributed by atoms with E-state index in [4.69, 9.17) is 15.8 Å². The Hall–Kier alpha value is -2.15. The minimum Gasteiger partial charge on any atom is -0.353 e. The predicted octanol–water partition coefficient (Wildman–Crippen LogP) is 3.81. The monoisotopic (exact) mass is 415 g/mol. The number of halogens is 1. The summed E-state index contributed by atoms with van der Waals surface area (Å²) in [5, 5.41) is 2.28. The zero-order valence-corrected chi connectivity index (χ0v) is 16.8. The van der Waals surface area contributed by atoms with E-state index in [1.807, 2.05) is 12.1 Å². The normalized spacial score (nSPS) is 20.9. The Bertz CT molecular complexity index is 1160. The third-order valence-corrected chi connectivity index (χ3v) is 6.52. The molecule has 2 aromatic carbocycles. The summed E-state index contributed by atoms with van der Waals surface area (Å²) >= 11 is 7.94. The number of aromatic nitrogens is 1. The van der Waals surface area contributed by atoms with Crippen LogP contribution in [-0.2, 0) is 17.6 Å². The van der Waals surface area contributed by atoms with Gasteiger partial charge in [0.1, 0.15) is 5.82 Å². The number of nitrogens with zero attached hydrogens (tertiary/aromatic N) is 3. The third-order valence-electron chi connectivity index (χ3n) is 5.36. The van der Waals surface area contributed by atoms with Gasteiger partial charge in [0, 0.05) is 51.6 Å². The number of nitrogens with one attached hydrogen (secondary N) is 1. The van der Waals surface area contributed by atoms with Crippen molar-refractivity contribution in [2.24, 2.45) is 0 Å². The van der Waals surface area contributed by atoms with E-state index in [0.717, 1.165) is 44.1 Å². The fourth-order valence-corrected chi connectivity index (χ4v) is 4.85. The maximum absolute atomic E-state index is 12.0. The smallest absolute Gasteiger partial charge is 0.228 e. The van der Waals surface area contributed by atoms with Crippen molar-refractivity contribution in [3.63, 3.8) is 0 Å². The summed E-state index contributed by atoms with van der Waals surface area (Å²) in [7, 11) is 0. The Kier molecular flexibility index (Phi) is 3.88. The van der Waals surface area contributed by atoms with Crippen molar-refractivity contribution >= 4 is 50.6 Å². The Morgan fingerprint density at radius 3 is 2.93 bits per heavy atom. The molecule has 1 aromatic heterocycles. The van der Waals surface area contributed by atoms with Gasteiger partial charge in [0.15, 0.2) is 1.41 Å². The Morgan fingerprint density at radius 1 is 1.25 bits per heavy atom. The molecular formula is C21H21ClN4OS. The summed E-state index contributed by atoms with van der Waals surface area (Å²) in [5.41, 5.74) is 1.26. The van der Waals surface area contributed by atoms with Crippen molar-refractivity contribution in [1.82, 2.24) is 9.27 Å². The van der Waals surface area contributed by atoms with Gasteiger partial charge in [0.2, 0.25) is 5.91 Å². The highest BCUT2D eigenvalue weighted by molar-refractivity contribution is 7.13. The van der Waals surface area contributed by atoms with Gasteiger partial charge in [-0.3, -0.25) is 9.69 Å². The molecule has 2 aliphatic rings. The highest BCUT2D eigenvalue weighted by Crippen LogP contribution is 2.31. The highest BCUT2D eigenvalue weighted by atomic mass is 35.5. The first-order valence-corrected chi connectivity index (χ1v) is 10.5. The number of anilines is 2. The van der Waals surface area contributed by atoms with Crippen molar-refractivity contribution in [1.29, 1.82) is 0 Å². The quantitative estimate of drug-likeness (QED) is 0.703. The molecule has 0 atom stereocenters. The first-order valence-electron chi connectivity index (χ1n) is 10.8. The summed E-state index contributed by atoms with van der Waals surface area (Å²) in [4.78, 5) is 16.7. The summed E-state index contributed by atoms with van der Waals surface area (Å²) in [6, 6.07) is 11.5. The summed E-state index contributed by atoms with van der Waals surface area (Å²) in [5.74, 6) is 0.190. The fraction of sp³-hybridized carbons (Fsp3) is 0.333. The molecule has 28 heavy (non-hydrogen) atoms. The van der Waals surface area contributed by atoms with Crippen LogP contribution in [0.3, 0.4) is 0 Å². The molecule has 0 spiro atoms. The van der Waals surface area contributed by atoms with Crippen molar-refractivity contribution in [2.45, 2.75) is 12.8 Å². The van der Waals surface area contributed by atoms with E-state index in [2.05, 4.69) is 26.3 Å². The molecule has 2 aliphatic heterocycles. The molecule has 0 saturated carbocycles. The summed E-state index contributed by atoms with van der Waals surface area (Å²) < 4.78 is 29.7. The lowest BCUT2D eigenvalue weighted by Gasteiger charge is -2.35. The number of carbonyl (C=O) groups is 1. The molecule has 0 bridgehead atoms. The molecule has 0 aliphatic carbocycles. The molecule has 3 aromatic rings. The standard InChI is InChI=1S/C21H21ClN4OS/c22-17-13-18-15(12-20(27)23-18)11-14(17)5-6-25-7-9-26(10-8-25)21-16-3-1-2-4-19(16)28-24-21/h1-4,11,13H,5-10,12H2,(H,23,27)/i12D2/hD. The van der Waals surface area contributed by atoms with Crippen molar-refractivity contribution < 1.29 is 8.95 Å². The maximum Gasteiger partial charge on any atom is 0.228 e. The Labute approximate surface area is 177 Å². The summed E-state index contributed by atoms with van der Waals surface area (Å²) in [6.07, 6.45) is -1.52. The van der Waals surface area contributed by atoms with E-state index in [1.54, 1.807) is 6.07 Å². The van der Waals surface area contributed by atoms with E-state index in [0.29, 0.717) is 16.8 Å². The lowest BCUT2D eigenvalue weighted by molar-refractivity contribution is -0.115. The SMILES string of the molecule is [2H]N1C(=O)C([2H])([2H])c2cc(CCN3CCN(c4nsc5ccccc45)CC3)c(Cl)cc21. The average Bonchev–Trinajstić information content (AvgIpc) is 3.27. The number of amides is 1. The second kappa shape index (κ2) is 7.35. The maximum atomic E-state index is 12.0. The molecule has 0 unspecified atom stereocenters. The number of rotatable bonds is 4. The largest absolute Gasteiger partial charge is 0.353 e. The second-order valence-electron chi connectivity index (χ2n) is 7.08. The van der Waals surface area contributed by atoms with Crippen molar-refractivity contribution in [2.75, 3.05) is 42.9 Å². The van der Waals surface area contributed by atoms with Crippen LogP contribution in [0.2, 0.25) is 6.43 Å². The zero-order valence-electron chi connectivity index (χ0n) is 18.2. The highest BCUT2D eigenvalue weighted by Gasteiger charge is 2.22. The fourth-order valence-electron chi connectivity index (χ4n) is 3.81. The van der Waals surface area contributed by atoms with Gasteiger partial charge in [-0.05, 0) is 47.3 Å². The Balaban J connectivity index is 1.24. The predicted molar refractivity (Wildman–Crippen MR) is 116 cm³/mol.